The van der Waals surface area contributed by atoms with E-state index in [0.29, 0.717) is 40.4 Å². The lowest BCUT2D eigenvalue weighted by Crippen LogP contribution is -2.43. The number of Topliss-reactive ketones (excluding diaryl/α,β-unsaturated/α-hetero) is 1. The number of rotatable bonds is 14. The summed E-state index contributed by atoms with van der Waals surface area (Å²) in [4.78, 5) is 46.7. The number of carboxylic acid groups (broad SMARTS) is 1. The molecule has 83 heavy (non-hydrogen) atoms. The van der Waals surface area contributed by atoms with Crippen LogP contribution in [0.3, 0.4) is 0 Å². The number of esters is 2. The minimum Gasteiger partial charge on any atom is -0.508 e. The highest BCUT2D eigenvalue weighted by molar-refractivity contribution is 6.63. The SMILES string of the molecule is CC1(O)C=CCCC1.CCCCCc1cc(O)c(C2C=C(C)CCC2)c2c1C(=O)OC1(CCCC1)O2.CCCCCc1cc(O)cc(O)c1C(=O)O.CCCCCc1cc(O)cc2c1C(=O)OC1(CCCC1)O2.ClC(Cl)Cl.O=C1CCCC1. The van der Waals surface area contributed by atoms with Crippen molar-refractivity contribution in [1.29, 1.82) is 0 Å². The third-order valence-electron chi connectivity index (χ3n) is 16.0. The van der Waals surface area contributed by atoms with E-state index in [9.17, 15) is 44.7 Å². The van der Waals surface area contributed by atoms with E-state index in [-0.39, 0.29) is 46.4 Å². The van der Waals surface area contributed by atoms with Gasteiger partial charge in [0.05, 0.1) is 5.60 Å². The summed E-state index contributed by atoms with van der Waals surface area (Å²) in [5.41, 5.74) is 4.75. The number of aromatic carboxylic acids is 1. The maximum atomic E-state index is 13.1. The number of carbonyl (C=O) groups is 4. The predicted molar refractivity (Wildman–Crippen MR) is 326 cm³/mol. The fourth-order valence-electron chi connectivity index (χ4n) is 11.8. The normalized spacial score (nSPS) is 20.3. The smallest absolute Gasteiger partial charge is 0.345 e. The Bertz CT molecular complexity index is 2670. The van der Waals surface area contributed by atoms with Crippen LogP contribution in [0.2, 0.25) is 0 Å². The van der Waals surface area contributed by atoms with E-state index < -0.39 is 27.4 Å². The van der Waals surface area contributed by atoms with Crippen molar-refractivity contribution in [2.75, 3.05) is 0 Å². The van der Waals surface area contributed by atoms with Gasteiger partial charge in [-0.2, -0.15) is 0 Å². The molecule has 2 heterocycles. The summed E-state index contributed by atoms with van der Waals surface area (Å²) >= 11 is 14.4. The van der Waals surface area contributed by atoms with Gasteiger partial charge in [-0.3, -0.25) is 4.79 Å². The lowest BCUT2D eigenvalue weighted by molar-refractivity contribution is -0.150. The molecule has 2 atom stereocenters. The number of aliphatic hydroxyl groups is 1. The van der Waals surface area contributed by atoms with E-state index in [1.807, 2.05) is 19.1 Å². The molecule has 2 spiro atoms. The number of fused-ring (bicyclic) bond motifs is 2. The molecule has 0 aromatic heterocycles. The van der Waals surface area contributed by atoms with Gasteiger partial charge >= 0.3 is 17.9 Å². The summed E-state index contributed by atoms with van der Waals surface area (Å²) in [5.74, 6) is -1.78. The molecule has 6 N–H and O–H groups in total. The molecule has 10 rings (SSSR count). The summed E-state index contributed by atoms with van der Waals surface area (Å²) in [7, 11) is 0. The Morgan fingerprint density at radius 3 is 1.59 bits per heavy atom. The summed E-state index contributed by atoms with van der Waals surface area (Å²) in [6, 6.07) is 7.44. The average Bonchev–Trinajstić information content (AvgIpc) is 3.88. The number of carboxylic acids is 1. The first-order valence-electron chi connectivity index (χ1n) is 30.4. The van der Waals surface area contributed by atoms with Crippen molar-refractivity contribution < 1.29 is 68.8 Å². The second-order valence-corrected chi connectivity index (χ2v) is 25.2. The molecule has 7 aliphatic rings. The minimum absolute atomic E-state index is 0.0940. The number of phenolic OH excluding ortho intramolecular Hbond substituents is 3. The molecule has 0 saturated heterocycles. The van der Waals surface area contributed by atoms with E-state index in [1.165, 1.54) is 11.6 Å². The first kappa shape index (κ1) is 68.6. The fourth-order valence-corrected chi connectivity index (χ4v) is 11.8. The summed E-state index contributed by atoms with van der Waals surface area (Å²) in [6.07, 6.45) is 34.8. The van der Waals surface area contributed by atoms with Crippen molar-refractivity contribution in [3.63, 3.8) is 0 Å². The minimum atomic E-state index is -1.16. The van der Waals surface area contributed by atoms with E-state index >= 15 is 0 Å². The Labute approximate surface area is 506 Å². The van der Waals surface area contributed by atoms with Crippen LogP contribution in [0, 0.1) is 0 Å². The highest BCUT2D eigenvalue weighted by Gasteiger charge is 2.48. The molecule has 0 radical (unpaired) electrons. The fraction of sp³-hybridized carbons (Fsp3) is 0.606. The number of phenols is 4. The highest BCUT2D eigenvalue weighted by atomic mass is 35.6. The van der Waals surface area contributed by atoms with Crippen molar-refractivity contribution in [3.05, 3.63) is 93.1 Å². The molecule has 2 unspecified atom stereocenters. The molecule has 460 valence electrons. The second-order valence-electron chi connectivity index (χ2n) is 23.2. The molecule has 0 bridgehead atoms. The van der Waals surface area contributed by atoms with Crippen molar-refractivity contribution in [2.45, 2.75) is 255 Å². The van der Waals surface area contributed by atoms with Crippen molar-refractivity contribution in [1.82, 2.24) is 0 Å². The number of carbonyl (C=O) groups excluding carboxylic acids is 3. The zero-order valence-electron chi connectivity index (χ0n) is 49.6. The predicted octanol–water partition coefficient (Wildman–Crippen LogP) is 17.2. The van der Waals surface area contributed by atoms with Gasteiger partial charge in [-0.05, 0) is 164 Å². The van der Waals surface area contributed by atoms with Crippen LogP contribution >= 0.6 is 34.8 Å². The summed E-state index contributed by atoms with van der Waals surface area (Å²) < 4.78 is 23.2. The van der Waals surface area contributed by atoms with Gasteiger partial charge < -0.3 is 49.6 Å². The Hall–Kier alpha value is -5.15. The number of ether oxygens (including phenoxy) is 4. The lowest BCUT2D eigenvalue weighted by atomic mass is 9.82. The summed E-state index contributed by atoms with van der Waals surface area (Å²) in [6.45, 7) is 10.3. The molecule has 2 aliphatic heterocycles. The quantitative estimate of drug-likeness (QED) is 0.0382. The Kier molecular flexibility index (Phi) is 27.7. The standard InChI is InChI=1S/C24H32O4.C17H22O4.C12H16O4.C7H12O.C5H8O.CHCl3/c1-3-4-5-10-18-15-19(25)20(17-11-8-9-16(2)14-17)22-21(18)23(26)28-24(27-22)12-6-7-13-24;1-2-3-4-7-12-10-13(18)11-14-15(12)16(19)21-17(20-14)8-5-6-9-17;1-2-3-4-5-8-6-9(13)7-10(14)11(8)12(15)16;1-7(8)5-3-2-4-6-7;6-5-3-1-2-4-5;2-1(3)4/h14-15,17,25H,3-13H2,1-2H3;10-11,18H,2-9H2,1H3;6-7,13-14H,2-5H2,1H3,(H,15,16);3,5,8H,2,4,6H2,1H3;1-4H2;1H. The molecule has 14 nitrogen and oxygen atoms in total. The third kappa shape index (κ3) is 21.1. The Morgan fingerprint density at radius 1 is 0.614 bits per heavy atom. The summed E-state index contributed by atoms with van der Waals surface area (Å²) in [5, 5.41) is 57.9. The van der Waals surface area contributed by atoms with E-state index in [2.05, 4.69) is 33.8 Å². The Morgan fingerprint density at radius 2 is 1.12 bits per heavy atom. The van der Waals surface area contributed by atoms with Crippen LogP contribution in [-0.2, 0) is 33.5 Å². The zero-order valence-corrected chi connectivity index (χ0v) is 51.8. The number of aromatic hydroxyl groups is 4. The number of hydrogen-bond donors (Lipinski definition) is 6. The van der Waals surface area contributed by atoms with Crippen LogP contribution in [0.5, 0.6) is 34.5 Å². The average molecular weight is 1210 g/mol. The van der Waals surface area contributed by atoms with Gasteiger partial charge in [0, 0.05) is 62.1 Å². The van der Waals surface area contributed by atoms with Gasteiger partial charge in [0.1, 0.15) is 57.0 Å². The first-order valence-corrected chi connectivity index (χ1v) is 31.8. The van der Waals surface area contributed by atoms with Crippen LogP contribution in [0.15, 0.2) is 54.1 Å². The molecule has 17 heteroatoms. The largest absolute Gasteiger partial charge is 0.508 e. The number of unbranched alkanes of at least 4 members (excludes halogenated alkanes) is 6. The van der Waals surface area contributed by atoms with Gasteiger partial charge in [0.25, 0.3) is 11.6 Å². The van der Waals surface area contributed by atoms with Crippen molar-refractivity contribution >= 4 is 58.5 Å². The monoisotopic (exact) mass is 1210 g/mol. The number of ketones is 1. The topological polar surface area (TPSA) is 227 Å². The first-order chi connectivity index (χ1) is 39.6. The number of halogens is 3. The van der Waals surface area contributed by atoms with Crippen LogP contribution in [0.4, 0.5) is 0 Å². The van der Waals surface area contributed by atoms with E-state index in [0.717, 1.165) is 209 Å². The molecule has 3 aromatic rings. The van der Waals surface area contributed by atoms with Crippen molar-refractivity contribution in [2.24, 2.45) is 0 Å². The van der Waals surface area contributed by atoms with Crippen LogP contribution < -0.4 is 9.47 Å². The highest BCUT2D eigenvalue weighted by Crippen LogP contribution is 2.51. The molecule has 5 aliphatic carbocycles. The molecule has 3 fully saturated rings. The molecular weight excluding hydrogens is 1120 g/mol. The number of hydrogen-bond acceptors (Lipinski definition) is 13. The van der Waals surface area contributed by atoms with Crippen molar-refractivity contribution in [3.8, 4) is 34.5 Å². The van der Waals surface area contributed by atoms with Gasteiger partial charge in [-0.1, -0.05) is 118 Å². The van der Waals surface area contributed by atoms with Gasteiger partial charge in [-0.25, -0.2) is 14.4 Å². The molecule has 3 aromatic carbocycles. The van der Waals surface area contributed by atoms with Crippen LogP contribution in [0.25, 0.3) is 0 Å². The third-order valence-corrected chi connectivity index (χ3v) is 16.0. The van der Waals surface area contributed by atoms with E-state index in [1.54, 1.807) is 18.2 Å². The lowest BCUT2D eigenvalue weighted by Gasteiger charge is -2.37. The maximum absolute atomic E-state index is 13.1. The van der Waals surface area contributed by atoms with Gasteiger partial charge in [-0.15, -0.1) is 0 Å². The zero-order chi connectivity index (χ0) is 60.7. The Balaban J connectivity index is 0.000000202. The number of allylic oxidation sites excluding steroid dienone is 3. The van der Waals surface area contributed by atoms with Crippen LogP contribution in [0.1, 0.15) is 267 Å². The number of benzene rings is 3. The van der Waals surface area contributed by atoms with Gasteiger partial charge in [0.15, 0.2) is 4.30 Å². The van der Waals surface area contributed by atoms with Gasteiger partial charge in [0.2, 0.25) is 0 Å². The second kappa shape index (κ2) is 33.5. The molecular formula is C66H91Cl3O14. The number of aryl methyl sites for hydroxylation is 3. The molecule has 3 saturated carbocycles. The number of alkyl halides is 3. The molecule has 0 amide bonds. The maximum Gasteiger partial charge on any atom is 0.345 e. The van der Waals surface area contributed by atoms with Crippen LogP contribution in [-0.4, -0.2) is 75.8 Å². The van der Waals surface area contributed by atoms with E-state index in [4.69, 9.17) is 58.9 Å².